The molecule has 0 saturated carbocycles. The summed E-state index contributed by atoms with van der Waals surface area (Å²) in [5, 5.41) is 18.5. The summed E-state index contributed by atoms with van der Waals surface area (Å²) in [6.07, 6.45) is 3.43. The number of hydrogen-bond donors (Lipinski definition) is 3. The van der Waals surface area contributed by atoms with Crippen LogP contribution in [0.5, 0.6) is 0 Å². The van der Waals surface area contributed by atoms with Crippen molar-refractivity contribution in [1.29, 1.82) is 0 Å². The van der Waals surface area contributed by atoms with Gasteiger partial charge in [-0.15, -0.1) is 0 Å². The van der Waals surface area contributed by atoms with Crippen LogP contribution < -0.4 is 5.32 Å². The van der Waals surface area contributed by atoms with Crippen molar-refractivity contribution in [3.05, 3.63) is 18.0 Å². The Labute approximate surface area is 100 Å². The molecule has 2 rings (SSSR count). The van der Waals surface area contributed by atoms with Gasteiger partial charge in [0.25, 0.3) is 0 Å². The Morgan fingerprint density at radius 2 is 2.35 bits per heavy atom. The van der Waals surface area contributed by atoms with Gasteiger partial charge in [0, 0.05) is 25.9 Å². The molecule has 1 aliphatic heterocycles. The number of nitrogens with zero attached hydrogens (tertiary/aromatic N) is 2. The predicted molar refractivity (Wildman–Crippen MR) is 62.2 cm³/mol. The highest BCUT2D eigenvalue weighted by Crippen LogP contribution is 2.16. The largest absolute Gasteiger partial charge is 0.396 e. The molecule has 0 spiro atoms. The van der Waals surface area contributed by atoms with E-state index in [1.165, 1.54) is 0 Å². The van der Waals surface area contributed by atoms with Crippen molar-refractivity contribution in [2.24, 2.45) is 5.92 Å². The highest BCUT2D eigenvalue weighted by molar-refractivity contribution is 5.74. The number of likely N-dealkylation sites (tertiary alicyclic amines) is 1. The van der Waals surface area contributed by atoms with Gasteiger partial charge in [0.15, 0.2) is 0 Å². The van der Waals surface area contributed by atoms with Crippen molar-refractivity contribution in [1.82, 2.24) is 20.4 Å². The number of urea groups is 1. The fraction of sp³-hybridized carbons (Fsp3) is 0.636. The molecule has 6 heteroatoms. The first-order valence-corrected chi connectivity index (χ1v) is 5.91. The number of aliphatic hydroxyl groups is 1. The van der Waals surface area contributed by atoms with E-state index in [4.69, 9.17) is 5.11 Å². The number of piperidine rings is 1. The summed E-state index contributed by atoms with van der Waals surface area (Å²) >= 11 is 0. The molecule has 0 radical (unpaired) electrons. The Bertz CT molecular complexity index is 344. The maximum absolute atomic E-state index is 11.8. The number of rotatable bonds is 3. The number of aromatic nitrogens is 2. The zero-order valence-corrected chi connectivity index (χ0v) is 9.72. The summed E-state index contributed by atoms with van der Waals surface area (Å²) in [7, 11) is 0. The molecular formula is C11H18N4O2. The van der Waals surface area contributed by atoms with E-state index in [0.717, 1.165) is 31.6 Å². The zero-order valence-electron chi connectivity index (χ0n) is 9.72. The van der Waals surface area contributed by atoms with Gasteiger partial charge in [-0.2, -0.15) is 5.10 Å². The number of H-pyrrole nitrogens is 1. The van der Waals surface area contributed by atoms with Crippen LogP contribution in [-0.2, 0) is 6.54 Å². The van der Waals surface area contributed by atoms with Crippen molar-refractivity contribution in [2.45, 2.75) is 19.4 Å². The third-order valence-electron chi connectivity index (χ3n) is 3.15. The number of nitrogens with one attached hydrogen (secondary N) is 2. The van der Waals surface area contributed by atoms with Gasteiger partial charge in [0.05, 0.1) is 12.2 Å². The molecule has 2 amide bonds. The standard InChI is InChI=1S/C11H18N4O2/c16-8-9-2-5-15(6-3-9)11(17)12-7-10-1-4-13-14-10/h1,4,9,16H,2-3,5-8H2,(H,12,17)(H,13,14). The summed E-state index contributed by atoms with van der Waals surface area (Å²) in [4.78, 5) is 13.6. The average Bonchev–Trinajstić information content (AvgIpc) is 2.89. The molecule has 6 nitrogen and oxygen atoms in total. The highest BCUT2D eigenvalue weighted by Gasteiger charge is 2.21. The van der Waals surface area contributed by atoms with Gasteiger partial charge in [-0.25, -0.2) is 4.79 Å². The Morgan fingerprint density at radius 3 is 2.94 bits per heavy atom. The van der Waals surface area contributed by atoms with E-state index in [1.807, 2.05) is 6.07 Å². The molecule has 0 unspecified atom stereocenters. The molecule has 1 aromatic heterocycles. The van der Waals surface area contributed by atoms with Gasteiger partial charge in [-0.3, -0.25) is 5.10 Å². The van der Waals surface area contributed by atoms with E-state index < -0.39 is 0 Å². The molecule has 0 aliphatic carbocycles. The Hall–Kier alpha value is -1.56. The van der Waals surface area contributed by atoms with E-state index in [-0.39, 0.29) is 12.6 Å². The summed E-state index contributed by atoms with van der Waals surface area (Å²) in [5.74, 6) is 0.353. The average molecular weight is 238 g/mol. The third kappa shape index (κ3) is 3.20. The molecule has 0 bridgehead atoms. The molecule has 3 N–H and O–H groups in total. The van der Waals surface area contributed by atoms with Crippen LogP contribution >= 0.6 is 0 Å². The summed E-state index contributed by atoms with van der Waals surface area (Å²) in [6, 6.07) is 1.79. The van der Waals surface area contributed by atoms with Crippen LogP contribution in [0.4, 0.5) is 4.79 Å². The van der Waals surface area contributed by atoms with Crippen LogP contribution in [0.3, 0.4) is 0 Å². The zero-order chi connectivity index (χ0) is 12.1. The molecule has 0 atom stereocenters. The fourth-order valence-corrected chi connectivity index (χ4v) is 1.98. The molecule has 2 heterocycles. The first kappa shape index (κ1) is 11.9. The minimum atomic E-state index is -0.0454. The van der Waals surface area contributed by atoms with Crippen LogP contribution in [0, 0.1) is 5.92 Å². The van der Waals surface area contributed by atoms with Crippen molar-refractivity contribution in [3.8, 4) is 0 Å². The maximum Gasteiger partial charge on any atom is 0.317 e. The minimum absolute atomic E-state index is 0.0454. The number of carbonyl (C=O) groups is 1. The first-order valence-electron chi connectivity index (χ1n) is 5.91. The van der Waals surface area contributed by atoms with E-state index in [2.05, 4.69) is 15.5 Å². The highest BCUT2D eigenvalue weighted by atomic mass is 16.3. The smallest absolute Gasteiger partial charge is 0.317 e. The Kier molecular flexibility index (Phi) is 3.98. The number of amides is 2. The van der Waals surface area contributed by atoms with Crippen molar-refractivity contribution >= 4 is 6.03 Å². The number of aliphatic hydroxyl groups excluding tert-OH is 1. The number of carbonyl (C=O) groups excluding carboxylic acids is 1. The summed E-state index contributed by atoms with van der Waals surface area (Å²) < 4.78 is 0. The van der Waals surface area contributed by atoms with Crippen LogP contribution in [0.25, 0.3) is 0 Å². The van der Waals surface area contributed by atoms with Gasteiger partial charge in [-0.1, -0.05) is 0 Å². The lowest BCUT2D eigenvalue weighted by molar-refractivity contribution is 0.137. The fourth-order valence-electron chi connectivity index (χ4n) is 1.98. The second kappa shape index (κ2) is 5.67. The Morgan fingerprint density at radius 1 is 1.59 bits per heavy atom. The molecule has 1 aromatic rings. The lowest BCUT2D eigenvalue weighted by atomic mass is 9.98. The monoisotopic (exact) mass is 238 g/mol. The molecule has 1 saturated heterocycles. The van der Waals surface area contributed by atoms with Crippen LogP contribution in [0.1, 0.15) is 18.5 Å². The van der Waals surface area contributed by atoms with E-state index in [0.29, 0.717) is 12.5 Å². The van der Waals surface area contributed by atoms with Gasteiger partial charge in [0.2, 0.25) is 0 Å². The molecular weight excluding hydrogens is 220 g/mol. The van der Waals surface area contributed by atoms with Gasteiger partial charge >= 0.3 is 6.03 Å². The van der Waals surface area contributed by atoms with E-state index >= 15 is 0 Å². The van der Waals surface area contributed by atoms with Gasteiger partial charge < -0.3 is 15.3 Å². The van der Waals surface area contributed by atoms with E-state index in [1.54, 1.807) is 11.1 Å². The second-order valence-corrected chi connectivity index (χ2v) is 4.35. The lowest BCUT2D eigenvalue weighted by Gasteiger charge is -2.31. The van der Waals surface area contributed by atoms with Gasteiger partial charge in [0.1, 0.15) is 0 Å². The quantitative estimate of drug-likeness (QED) is 0.709. The Balaban J connectivity index is 1.73. The van der Waals surface area contributed by atoms with Crippen LogP contribution in [0.15, 0.2) is 12.3 Å². The normalized spacial score (nSPS) is 17.1. The molecule has 17 heavy (non-hydrogen) atoms. The predicted octanol–water partition coefficient (Wildman–Crippen LogP) is 0.324. The SMILES string of the molecule is O=C(NCc1ccn[nH]1)N1CCC(CO)CC1. The second-order valence-electron chi connectivity index (χ2n) is 4.35. The third-order valence-corrected chi connectivity index (χ3v) is 3.15. The molecule has 0 aromatic carbocycles. The van der Waals surface area contributed by atoms with Crippen LogP contribution in [-0.4, -0.2) is 45.9 Å². The summed E-state index contributed by atoms with van der Waals surface area (Å²) in [6.45, 7) is 2.14. The van der Waals surface area contributed by atoms with Crippen molar-refractivity contribution in [2.75, 3.05) is 19.7 Å². The van der Waals surface area contributed by atoms with Crippen molar-refractivity contribution in [3.63, 3.8) is 0 Å². The lowest BCUT2D eigenvalue weighted by Crippen LogP contribution is -2.44. The minimum Gasteiger partial charge on any atom is -0.396 e. The van der Waals surface area contributed by atoms with Crippen molar-refractivity contribution < 1.29 is 9.90 Å². The van der Waals surface area contributed by atoms with E-state index in [9.17, 15) is 4.79 Å². The maximum atomic E-state index is 11.8. The van der Waals surface area contributed by atoms with Gasteiger partial charge in [-0.05, 0) is 24.8 Å². The molecule has 1 fully saturated rings. The first-order chi connectivity index (χ1) is 8.29. The summed E-state index contributed by atoms with van der Waals surface area (Å²) in [5.41, 5.74) is 0.892. The molecule has 1 aliphatic rings. The number of hydrogen-bond acceptors (Lipinski definition) is 3. The molecule has 94 valence electrons. The van der Waals surface area contributed by atoms with Crippen LogP contribution in [0.2, 0.25) is 0 Å². The topological polar surface area (TPSA) is 81.2 Å². The number of aromatic amines is 1.